The fourth-order valence-corrected chi connectivity index (χ4v) is 1.80. The number of halogens is 1. The van der Waals surface area contributed by atoms with Crippen LogP contribution >= 0.6 is 0 Å². The van der Waals surface area contributed by atoms with Crippen molar-refractivity contribution in [2.75, 3.05) is 11.9 Å². The molecule has 0 saturated carbocycles. The number of nitro groups is 1. The van der Waals surface area contributed by atoms with Gasteiger partial charge in [-0.2, -0.15) is 4.39 Å². The van der Waals surface area contributed by atoms with Crippen molar-refractivity contribution in [3.05, 3.63) is 64.0 Å². The first kappa shape index (κ1) is 15.4. The van der Waals surface area contributed by atoms with Crippen molar-refractivity contribution in [3.8, 4) is 5.75 Å². The summed E-state index contributed by atoms with van der Waals surface area (Å²) in [6, 6.07) is 9.64. The number of carbonyl (C=O) groups is 1. The summed E-state index contributed by atoms with van der Waals surface area (Å²) >= 11 is 0. The molecule has 2 rings (SSSR count). The average Bonchev–Trinajstić information content (AvgIpc) is 2.49. The third-order valence-corrected chi connectivity index (χ3v) is 2.83. The normalized spacial score (nSPS) is 10.1. The van der Waals surface area contributed by atoms with E-state index in [-0.39, 0.29) is 5.56 Å². The minimum Gasteiger partial charge on any atom is -0.494 e. The predicted molar refractivity (Wildman–Crippen MR) is 78.6 cm³/mol. The highest BCUT2D eigenvalue weighted by atomic mass is 19.1. The van der Waals surface area contributed by atoms with Crippen LogP contribution in [0.2, 0.25) is 0 Å². The highest BCUT2D eigenvalue weighted by molar-refractivity contribution is 6.04. The van der Waals surface area contributed by atoms with Gasteiger partial charge in [-0.15, -0.1) is 0 Å². The zero-order valence-corrected chi connectivity index (χ0v) is 11.7. The summed E-state index contributed by atoms with van der Waals surface area (Å²) in [6.07, 6.45) is 0. The smallest absolute Gasteiger partial charge is 0.305 e. The van der Waals surface area contributed by atoms with E-state index in [2.05, 4.69) is 5.32 Å². The summed E-state index contributed by atoms with van der Waals surface area (Å²) in [5.74, 6) is -0.882. The molecule has 0 bridgehead atoms. The molecule has 6 nitrogen and oxygen atoms in total. The highest BCUT2D eigenvalue weighted by Gasteiger charge is 2.17. The Bertz CT molecular complexity index is 701. The molecular formula is C15H13FN2O4. The molecule has 0 unspecified atom stereocenters. The van der Waals surface area contributed by atoms with Gasteiger partial charge < -0.3 is 10.1 Å². The number of carbonyl (C=O) groups excluding carboxylic acids is 1. The van der Waals surface area contributed by atoms with Crippen molar-refractivity contribution < 1.29 is 18.8 Å². The average molecular weight is 304 g/mol. The van der Waals surface area contributed by atoms with Gasteiger partial charge in [0.25, 0.3) is 5.91 Å². The minimum atomic E-state index is -0.984. The Balaban J connectivity index is 2.15. The quantitative estimate of drug-likeness (QED) is 0.678. The van der Waals surface area contributed by atoms with Gasteiger partial charge in [-0.25, -0.2) is 0 Å². The summed E-state index contributed by atoms with van der Waals surface area (Å²) < 4.78 is 18.5. The number of hydrogen-bond donors (Lipinski definition) is 1. The molecule has 0 atom stereocenters. The summed E-state index contributed by atoms with van der Waals surface area (Å²) in [5.41, 5.74) is -0.234. The van der Waals surface area contributed by atoms with E-state index in [1.54, 1.807) is 24.3 Å². The third-order valence-electron chi connectivity index (χ3n) is 2.83. The van der Waals surface area contributed by atoms with Crippen LogP contribution in [0.25, 0.3) is 0 Å². The molecule has 0 radical (unpaired) electrons. The molecule has 2 aromatic rings. The third kappa shape index (κ3) is 3.57. The van der Waals surface area contributed by atoms with E-state index in [1.807, 2.05) is 6.92 Å². The Morgan fingerprint density at radius 1 is 1.27 bits per heavy atom. The molecule has 0 heterocycles. The number of amides is 1. The molecule has 1 amide bonds. The van der Waals surface area contributed by atoms with E-state index in [1.165, 1.54) is 6.07 Å². The van der Waals surface area contributed by atoms with Gasteiger partial charge in [0.15, 0.2) is 0 Å². The second kappa shape index (κ2) is 6.66. The van der Waals surface area contributed by atoms with Gasteiger partial charge in [0.05, 0.1) is 11.5 Å². The maximum atomic E-state index is 13.2. The van der Waals surface area contributed by atoms with E-state index >= 15 is 0 Å². The van der Waals surface area contributed by atoms with Gasteiger partial charge >= 0.3 is 5.69 Å². The van der Waals surface area contributed by atoms with Crippen molar-refractivity contribution in [1.82, 2.24) is 0 Å². The lowest BCUT2D eigenvalue weighted by Gasteiger charge is -2.07. The fraction of sp³-hybridized carbons (Fsp3) is 0.133. The maximum absolute atomic E-state index is 13.2. The summed E-state index contributed by atoms with van der Waals surface area (Å²) in [4.78, 5) is 21.8. The van der Waals surface area contributed by atoms with E-state index in [4.69, 9.17) is 4.74 Å². The summed E-state index contributed by atoms with van der Waals surface area (Å²) in [5, 5.41) is 13.2. The fourth-order valence-electron chi connectivity index (χ4n) is 1.80. The van der Waals surface area contributed by atoms with E-state index < -0.39 is 22.3 Å². The van der Waals surface area contributed by atoms with Crippen molar-refractivity contribution in [3.63, 3.8) is 0 Å². The second-order valence-corrected chi connectivity index (χ2v) is 4.33. The van der Waals surface area contributed by atoms with Gasteiger partial charge in [-0.1, -0.05) is 0 Å². The van der Waals surface area contributed by atoms with Crippen LogP contribution in [0.3, 0.4) is 0 Å². The standard InChI is InChI=1S/C15H13FN2O4/c1-2-22-12-6-4-11(5-7-12)17-15(19)10-3-8-13(16)14(9-10)18(20)21/h3-9H,2H2,1H3,(H,17,19). The van der Waals surface area contributed by atoms with Crippen LogP contribution < -0.4 is 10.1 Å². The van der Waals surface area contributed by atoms with Crippen molar-refractivity contribution in [2.24, 2.45) is 0 Å². The van der Waals surface area contributed by atoms with Gasteiger partial charge in [0.2, 0.25) is 5.82 Å². The topological polar surface area (TPSA) is 81.5 Å². The molecule has 0 aliphatic heterocycles. The molecule has 0 aliphatic rings. The number of anilines is 1. The zero-order valence-electron chi connectivity index (χ0n) is 11.7. The number of nitrogens with one attached hydrogen (secondary N) is 1. The van der Waals surface area contributed by atoms with Crippen molar-refractivity contribution >= 4 is 17.3 Å². The lowest BCUT2D eigenvalue weighted by atomic mass is 10.1. The minimum absolute atomic E-state index is 0.00184. The zero-order chi connectivity index (χ0) is 16.1. The number of nitro benzene ring substituents is 1. The van der Waals surface area contributed by atoms with Crippen LogP contribution in [-0.4, -0.2) is 17.4 Å². The summed E-state index contributed by atoms with van der Waals surface area (Å²) in [6.45, 7) is 2.39. The molecule has 0 aliphatic carbocycles. The Kier molecular flexibility index (Phi) is 4.67. The molecule has 0 fully saturated rings. The van der Waals surface area contributed by atoms with Crippen LogP contribution in [0.1, 0.15) is 17.3 Å². The monoisotopic (exact) mass is 304 g/mol. The van der Waals surface area contributed by atoms with Crippen LogP contribution in [0.4, 0.5) is 15.8 Å². The molecule has 0 aromatic heterocycles. The Morgan fingerprint density at radius 3 is 2.55 bits per heavy atom. The van der Waals surface area contributed by atoms with Gasteiger partial charge in [0, 0.05) is 17.3 Å². The molecule has 1 N–H and O–H groups in total. The van der Waals surface area contributed by atoms with Crippen molar-refractivity contribution in [1.29, 1.82) is 0 Å². The molecule has 22 heavy (non-hydrogen) atoms. The largest absolute Gasteiger partial charge is 0.494 e. The van der Waals surface area contributed by atoms with Crippen LogP contribution in [0.15, 0.2) is 42.5 Å². The first-order valence-corrected chi connectivity index (χ1v) is 6.49. The maximum Gasteiger partial charge on any atom is 0.305 e. The van der Waals surface area contributed by atoms with Gasteiger partial charge in [-0.05, 0) is 43.3 Å². The molecule has 7 heteroatoms. The van der Waals surface area contributed by atoms with E-state index in [0.717, 1.165) is 12.1 Å². The molecule has 0 saturated heterocycles. The highest BCUT2D eigenvalue weighted by Crippen LogP contribution is 2.20. The number of nitrogens with zero attached hydrogens (tertiary/aromatic N) is 1. The number of ether oxygens (including phenoxy) is 1. The second-order valence-electron chi connectivity index (χ2n) is 4.33. The first-order valence-electron chi connectivity index (χ1n) is 6.49. The number of benzene rings is 2. The van der Waals surface area contributed by atoms with Gasteiger partial charge in [-0.3, -0.25) is 14.9 Å². The Morgan fingerprint density at radius 2 is 1.95 bits per heavy atom. The SMILES string of the molecule is CCOc1ccc(NC(=O)c2ccc(F)c([N+](=O)[O-])c2)cc1. The predicted octanol–water partition coefficient (Wildman–Crippen LogP) is 3.38. The molecular weight excluding hydrogens is 291 g/mol. The van der Waals surface area contributed by atoms with Crippen LogP contribution in [0.5, 0.6) is 5.75 Å². The van der Waals surface area contributed by atoms with E-state index in [0.29, 0.717) is 18.0 Å². The van der Waals surface area contributed by atoms with Crippen LogP contribution in [-0.2, 0) is 0 Å². The summed E-state index contributed by atoms with van der Waals surface area (Å²) in [7, 11) is 0. The first-order chi connectivity index (χ1) is 10.5. The van der Waals surface area contributed by atoms with Gasteiger partial charge in [0.1, 0.15) is 5.75 Å². The van der Waals surface area contributed by atoms with Crippen molar-refractivity contribution in [2.45, 2.75) is 6.92 Å². The molecule has 2 aromatic carbocycles. The lowest BCUT2D eigenvalue weighted by molar-refractivity contribution is -0.387. The Hall–Kier alpha value is -2.96. The van der Waals surface area contributed by atoms with E-state index in [9.17, 15) is 19.3 Å². The molecule has 0 spiro atoms. The number of rotatable bonds is 5. The lowest BCUT2D eigenvalue weighted by Crippen LogP contribution is -2.12. The molecule has 114 valence electrons. The Labute approximate surface area is 125 Å². The number of hydrogen-bond acceptors (Lipinski definition) is 4. The van der Waals surface area contributed by atoms with Crippen LogP contribution in [0, 0.1) is 15.9 Å².